The van der Waals surface area contributed by atoms with Crippen molar-refractivity contribution < 1.29 is 0 Å². The summed E-state index contributed by atoms with van der Waals surface area (Å²) in [6, 6.07) is 12.7. The fraction of sp³-hybridized carbons (Fsp3) is 0.353. The molecule has 2 N–H and O–H groups in total. The molecule has 1 heterocycles. The lowest BCUT2D eigenvalue weighted by atomic mass is 10.1. The molecular weight excluding hydrogens is 278 g/mol. The van der Waals surface area contributed by atoms with Crippen molar-refractivity contribution in [1.29, 1.82) is 0 Å². The number of nitrogens with one attached hydrogen (secondary N) is 2. The van der Waals surface area contributed by atoms with Crippen molar-refractivity contribution in [2.24, 2.45) is 4.99 Å². The summed E-state index contributed by atoms with van der Waals surface area (Å²) in [5.74, 6) is 0.872. The number of benzene rings is 1. The van der Waals surface area contributed by atoms with Crippen LogP contribution in [0.25, 0.3) is 0 Å². The lowest BCUT2D eigenvalue weighted by Crippen LogP contribution is -2.36. The molecule has 0 aliphatic rings. The van der Waals surface area contributed by atoms with Crippen molar-refractivity contribution in [3.63, 3.8) is 0 Å². The molecule has 3 nitrogen and oxygen atoms in total. The Morgan fingerprint density at radius 2 is 1.86 bits per heavy atom. The molecule has 0 bridgehead atoms. The fourth-order valence-corrected chi connectivity index (χ4v) is 2.79. The molecule has 21 heavy (non-hydrogen) atoms. The molecule has 0 radical (unpaired) electrons. The number of rotatable bonds is 6. The molecule has 0 saturated heterocycles. The van der Waals surface area contributed by atoms with Crippen molar-refractivity contribution >= 4 is 17.3 Å². The van der Waals surface area contributed by atoms with Crippen molar-refractivity contribution in [1.82, 2.24) is 10.6 Å². The number of aryl methyl sites for hydroxylation is 1. The van der Waals surface area contributed by atoms with Crippen LogP contribution >= 0.6 is 11.3 Å². The monoisotopic (exact) mass is 301 g/mol. The van der Waals surface area contributed by atoms with Crippen molar-refractivity contribution in [2.45, 2.75) is 33.4 Å². The minimum atomic E-state index is 0.712. The Morgan fingerprint density at radius 1 is 1.05 bits per heavy atom. The van der Waals surface area contributed by atoms with Crippen LogP contribution in [-0.4, -0.2) is 12.5 Å². The van der Waals surface area contributed by atoms with Crippen LogP contribution in [0.2, 0.25) is 0 Å². The lowest BCUT2D eigenvalue weighted by molar-refractivity contribution is 0.821. The molecule has 0 aliphatic carbocycles. The number of thiophene rings is 1. The van der Waals surface area contributed by atoms with E-state index in [1.807, 2.05) is 0 Å². The normalized spacial score (nSPS) is 11.4. The largest absolute Gasteiger partial charge is 0.357 e. The second-order valence-electron chi connectivity index (χ2n) is 4.75. The molecule has 0 aliphatic heterocycles. The highest BCUT2D eigenvalue weighted by Crippen LogP contribution is 2.11. The van der Waals surface area contributed by atoms with Gasteiger partial charge in [0.2, 0.25) is 0 Å². The van der Waals surface area contributed by atoms with Crippen LogP contribution < -0.4 is 10.6 Å². The Morgan fingerprint density at radius 3 is 2.52 bits per heavy atom. The zero-order valence-corrected chi connectivity index (χ0v) is 13.5. The molecule has 4 heteroatoms. The SMILES string of the molecule is CCNC(=NCc1ccccc1CC)NCc1cccs1. The highest BCUT2D eigenvalue weighted by atomic mass is 32.1. The Bertz CT molecular complexity index is 561. The van der Waals surface area contributed by atoms with Gasteiger partial charge in [-0.25, -0.2) is 4.99 Å². The zero-order chi connectivity index (χ0) is 14.9. The van der Waals surface area contributed by atoms with Gasteiger partial charge >= 0.3 is 0 Å². The van der Waals surface area contributed by atoms with Gasteiger partial charge in [0.25, 0.3) is 0 Å². The van der Waals surface area contributed by atoms with E-state index in [1.165, 1.54) is 16.0 Å². The molecule has 0 spiro atoms. The van der Waals surface area contributed by atoms with E-state index in [0.29, 0.717) is 6.54 Å². The molecule has 1 aromatic heterocycles. The van der Waals surface area contributed by atoms with E-state index in [0.717, 1.165) is 25.5 Å². The third-order valence-corrected chi connectivity index (χ3v) is 4.14. The summed E-state index contributed by atoms with van der Waals surface area (Å²) in [7, 11) is 0. The van der Waals surface area contributed by atoms with Gasteiger partial charge in [-0.15, -0.1) is 11.3 Å². The van der Waals surface area contributed by atoms with Gasteiger partial charge in [0.1, 0.15) is 0 Å². The Labute approximate surface area is 131 Å². The van der Waals surface area contributed by atoms with Crippen LogP contribution in [0.1, 0.15) is 29.9 Å². The second-order valence-corrected chi connectivity index (χ2v) is 5.78. The first-order valence-electron chi connectivity index (χ1n) is 7.44. The van der Waals surface area contributed by atoms with E-state index in [2.05, 4.69) is 66.3 Å². The van der Waals surface area contributed by atoms with Crippen molar-refractivity contribution in [3.05, 3.63) is 57.8 Å². The number of hydrogen-bond donors (Lipinski definition) is 2. The molecule has 0 unspecified atom stereocenters. The molecule has 0 fully saturated rings. The second kappa shape index (κ2) is 8.47. The molecule has 1 aromatic carbocycles. The van der Waals surface area contributed by atoms with Gasteiger partial charge in [0.15, 0.2) is 5.96 Å². The van der Waals surface area contributed by atoms with E-state index >= 15 is 0 Å². The molecule has 0 atom stereocenters. The third kappa shape index (κ3) is 4.90. The minimum absolute atomic E-state index is 0.712. The molecule has 112 valence electrons. The van der Waals surface area contributed by atoms with Crippen LogP contribution in [0, 0.1) is 0 Å². The van der Waals surface area contributed by atoms with Crippen LogP contribution in [-0.2, 0) is 19.5 Å². The van der Waals surface area contributed by atoms with Gasteiger partial charge in [0.05, 0.1) is 13.1 Å². The number of nitrogens with zero attached hydrogens (tertiary/aromatic N) is 1. The van der Waals surface area contributed by atoms with E-state index < -0.39 is 0 Å². The standard InChI is InChI=1S/C17H23N3S/c1-3-14-8-5-6-9-15(14)12-19-17(18-4-2)20-13-16-10-7-11-21-16/h5-11H,3-4,12-13H2,1-2H3,(H2,18,19,20). The summed E-state index contributed by atoms with van der Waals surface area (Å²) in [6.45, 7) is 6.67. The predicted molar refractivity (Wildman–Crippen MR) is 91.8 cm³/mol. The smallest absolute Gasteiger partial charge is 0.191 e. The van der Waals surface area contributed by atoms with Crippen LogP contribution in [0.15, 0.2) is 46.8 Å². The molecule has 2 rings (SSSR count). The predicted octanol–water partition coefficient (Wildman–Crippen LogP) is 3.57. The summed E-state index contributed by atoms with van der Waals surface area (Å²) >= 11 is 1.76. The third-order valence-electron chi connectivity index (χ3n) is 3.26. The van der Waals surface area contributed by atoms with Crippen molar-refractivity contribution in [3.8, 4) is 0 Å². The Balaban J connectivity index is 1.99. The van der Waals surface area contributed by atoms with Gasteiger partial charge in [-0.1, -0.05) is 37.3 Å². The van der Waals surface area contributed by atoms with E-state index in [4.69, 9.17) is 4.99 Å². The molecule has 0 saturated carbocycles. The topological polar surface area (TPSA) is 36.4 Å². The lowest BCUT2D eigenvalue weighted by Gasteiger charge is -2.11. The van der Waals surface area contributed by atoms with E-state index in [9.17, 15) is 0 Å². The first kappa shape index (κ1) is 15.6. The van der Waals surface area contributed by atoms with E-state index in [1.54, 1.807) is 11.3 Å². The number of aliphatic imine (C=N–C) groups is 1. The average Bonchev–Trinajstić information content (AvgIpc) is 3.03. The minimum Gasteiger partial charge on any atom is -0.357 e. The number of hydrogen-bond acceptors (Lipinski definition) is 2. The maximum atomic E-state index is 4.69. The summed E-state index contributed by atoms with van der Waals surface area (Å²) in [6.07, 6.45) is 1.05. The van der Waals surface area contributed by atoms with Crippen LogP contribution in [0.5, 0.6) is 0 Å². The molecule has 2 aromatic rings. The summed E-state index contributed by atoms with van der Waals surface area (Å²) < 4.78 is 0. The van der Waals surface area contributed by atoms with Gasteiger partial charge in [-0.05, 0) is 35.9 Å². The van der Waals surface area contributed by atoms with Gasteiger partial charge < -0.3 is 10.6 Å². The van der Waals surface area contributed by atoms with Gasteiger partial charge in [0, 0.05) is 11.4 Å². The summed E-state index contributed by atoms with van der Waals surface area (Å²) in [5.41, 5.74) is 2.67. The first-order chi connectivity index (χ1) is 10.3. The van der Waals surface area contributed by atoms with E-state index in [-0.39, 0.29) is 0 Å². The summed E-state index contributed by atoms with van der Waals surface area (Å²) in [4.78, 5) is 6.01. The molecular formula is C17H23N3S. The zero-order valence-electron chi connectivity index (χ0n) is 12.7. The fourth-order valence-electron chi connectivity index (χ4n) is 2.15. The first-order valence-corrected chi connectivity index (χ1v) is 8.32. The maximum absolute atomic E-state index is 4.69. The highest BCUT2D eigenvalue weighted by molar-refractivity contribution is 7.09. The molecule has 0 amide bonds. The van der Waals surface area contributed by atoms with Gasteiger partial charge in [-0.2, -0.15) is 0 Å². The maximum Gasteiger partial charge on any atom is 0.191 e. The average molecular weight is 301 g/mol. The summed E-state index contributed by atoms with van der Waals surface area (Å²) in [5, 5.41) is 8.77. The number of guanidine groups is 1. The van der Waals surface area contributed by atoms with Crippen LogP contribution in [0.3, 0.4) is 0 Å². The van der Waals surface area contributed by atoms with Crippen LogP contribution in [0.4, 0.5) is 0 Å². The Hall–Kier alpha value is -1.81. The highest BCUT2D eigenvalue weighted by Gasteiger charge is 2.01. The van der Waals surface area contributed by atoms with Gasteiger partial charge in [-0.3, -0.25) is 0 Å². The Kier molecular flexibility index (Phi) is 6.28. The quantitative estimate of drug-likeness (QED) is 0.632. The van der Waals surface area contributed by atoms with Crippen molar-refractivity contribution in [2.75, 3.05) is 6.54 Å².